The largest absolute Gasteiger partial charge is 0.463 e. The Kier molecular flexibility index (Phi) is 5.74. The van der Waals surface area contributed by atoms with E-state index >= 15 is 0 Å². The highest BCUT2D eigenvalue weighted by Crippen LogP contribution is 2.15. The van der Waals surface area contributed by atoms with Gasteiger partial charge in [-0.15, -0.1) is 0 Å². The zero-order valence-corrected chi connectivity index (χ0v) is 12.2. The van der Waals surface area contributed by atoms with Crippen molar-refractivity contribution < 1.29 is 14.3 Å². The van der Waals surface area contributed by atoms with Crippen LogP contribution in [0.3, 0.4) is 0 Å². The Balaban J connectivity index is 2.80. The van der Waals surface area contributed by atoms with Crippen LogP contribution in [0.15, 0.2) is 18.2 Å². The van der Waals surface area contributed by atoms with Crippen molar-refractivity contribution in [1.29, 1.82) is 0 Å². The van der Waals surface area contributed by atoms with E-state index in [9.17, 15) is 9.59 Å². The first kappa shape index (κ1) is 15.4. The van der Waals surface area contributed by atoms with Crippen LogP contribution < -0.4 is 0 Å². The van der Waals surface area contributed by atoms with E-state index in [1.165, 1.54) is 11.1 Å². The molecule has 0 aromatic heterocycles. The van der Waals surface area contributed by atoms with E-state index in [0.29, 0.717) is 5.56 Å². The molecule has 3 heteroatoms. The van der Waals surface area contributed by atoms with Gasteiger partial charge in [-0.25, -0.2) is 0 Å². The molecule has 0 aliphatic carbocycles. The molecule has 0 saturated carbocycles. The average Bonchev–Trinajstić information content (AvgIpc) is 2.36. The molecule has 0 unspecified atom stereocenters. The Morgan fingerprint density at radius 3 is 2.26 bits per heavy atom. The minimum Gasteiger partial charge on any atom is -0.463 e. The van der Waals surface area contributed by atoms with E-state index in [2.05, 4.69) is 13.8 Å². The first-order valence-corrected chi connectivity index (χ1v) is 6.82. The molecule has 0 heterocycles. The number of Topliss-reactive ketones (excluding diaryl/α,β-unsaturated/α-hetero) is 1. The molecule has 1 aromatic carbocycles. The van der Waals surface area contributed by atoms with Gasteiger partial charge in [0.1, 0.15) is 6.42 Å². The van der Waals surface area contributed by atoms with Crippen molar-refractivity contribution in [3.05, 3.63) is 34.9 Å². The molecule has 0 bridgehead atoms. The van der Waals surface area contributed by atoms with Gasteiger partial charge in [0.05, 0.1) is 6.10 Å². The molecule has 0 radical (unpaired) electrons. The van der Waals surface area contributed by atoms with E-state index in [-0.39, 0.29) is 18.3 Å². The summed E-state index contributed by atoms with van der Waals surface area (Å²) >= 11 is 0. The fraction of sp³-hybridized carbons (Fsp3) is 0.500. The molecule has 0 atom stereocenters. The van der Waals surface area contributed by atoms with Gasteiger partial charge >= 0.3 is 5.97 Å². The lowest BCUT2D eigenvalue weighted by molar-refractivity contribution is -0.146. The predicted octanol–water partition coefficient (Wildman–Crippen LogP) is 3.34. The molecule has 104 valence electrons. The highest BCUT2D eigenvalue weighted by Gasteiger charge is 2.15. The molecule has 0 N–H and O–H groups in total. The summed E-state index contributed by atoms with van der Waals surface area (Å²) in [6.45, 7) is 7.70. The van der Waals surface area contributed by atoms with Crippen molar-refractivity contribution >= 4 is 11.8 Å². The number of hydrogen-bond acceptors (Lipinski definition) is 3. The van der Waals surface area contributed by atoms with Gasteiger partial charge in [-0.2, -0.15) is 0 Å². The molecule has 3 nitrogen and oxygen atoms in total. The van der Waals surface area contributed by atoms with Crippen LogP contribution in [0.5, 0.6) is 0 Å². The molecular formula is C16H22O3. The van der Waals surface area contributed by atoms with E-state index < -0.39 is 5.97 Å². The van der Waals surface area contributed by atoms with Crippen LogP contribution in [0, 0.1) is 0 Å². The average molecular weight is 262 g/mol. The second-order valence-electron chi connectivity index (χ2n) is 4.83. The van der Waals surface area contributed by atoms with Crippen LogP contribution in [-0.4, -0.2) is 17.9 Å². The summed E-state index contributed by atoms with van der Waals surface area (Å²) in [6.07, 6.45) is 1.47. The first-order chi connectivity index (χ1) is 8.97. The van der Waals surface area contributed by atoms with Crippen LogP contribution in [-0.2, 0) is 22.4 Å². The number of benzene rings is 1. The maximum atomic E-state index is 12.0. The van der Waals surface area contributed by atoms with Gasteiger partial charge in [0, 0.05) is 5.56 Å². The molecule has 0 fully saturated rings. The molecule has 19 heavy (non-hydrogen) atoms. The zero-order chi connectivity index (χ0) is 14.4. The second kappa shape index (κ2) is 7.07. The normalized spacial score (nSPS) is 10.6. The quantitative estimate of drug-likeness (QED) is 0.448. The van der Waals surface area contributed by atoms with Crippen LogP contribution in [0.4, 0.5) is 0 Å². The zero-order valence-electron chi connectivity index (χ0n) is 12.2. The maximum absolute atomic E-state index is 12.0. The number of ether oxygens (including phenoxy) is 1. The first-order valence-electron chi connectivity index (χ1n) is 6.82. The predicted molar refractivity (Wildman–Crippen MR) is 75.4 cm³/mol. The topological polar surface area (TPSA) is 43.4 Å². The van der Waals surface area contributed by atoms with Crippen LogP contribution in [0.25, 0.3) is 0 Å². The Bertz CT molecular complexity index is 461. The lowest BCUT2D eigenvalue weighted by atomic mass is 9.97. The maximum Gasteiger partial charge on any atom is 0.313 e. The Morgan fingerprint density at radius 2 is 1.74 bits per heavy atom. The summed E-state index contributed by atoms with van der Waals surface area (Å²) < 4.78 is 4.98. The smallest absolute Gasteiger partial charge is 0.313 e. The van der Waals surface area contributed by atoms with Crippen LogP contribution >= 0.6 is 0 Å². The van der Waals surface area contributed by atoms with E-state index in [0.717, 1.165) is 12.8 Å². The molecule has 0 spiro atoms. The van der Waals surface area contributed by atoms with Crippen molar-refractivity contribution in [3.63, 3.8) is 0 Å². The summed E-state index contributed by atoms with van der Waals surface area (Å²) in [4.78, 5) is 23.5. The van der Waals surface area contributed by atoms with Gasteiger partial charge < -0.3 is 4.74 Å². The third-order valence-electron chi connectivity index (χ3n) is 2.96. The third kappa shape index (κ3) is 4.51. The number of hydrogen-bond donors (Lipinski definition) is 0. The second-order valence-corrected chi connectivity index (χ2v) is 4.83. The lowest BCUT2D eigenvalue weighted by Gasteiger charge is -2.09. The minimum atomic E-state index is -0.461. The summed E-state index contributed by atoms with van der Waals surface area (Å²) in [7, 11) is 0. The van der Waals surface area contributed by atoms with Crippen molar-refractivity contribution in [3.8, 4) is 0 Å². The minimum absolute atomic E-state index is 0.178. The van der Waals surface area contributed by atoms with E-state index in [1.54, 1.807) is 19.9 Å². The van der Waals surface area contributed by atoms with Gasteiger partial charge in [-0.1, -0.05) is 26.0 Å². The van der Waals surface area contributed by atoms with E-state index in [1.807, 2.05) is 12.1 Å². The summed E-state index contributed by atoms with van der Waals surface area (Å²) in [5.74, 6) is -0.638. The van der Waals surface area contributed by atoms with Crippen molar-refractivity contribution in [2.45, 2.75) is 53.1 Å². The SMILES string of the molecule is CCc1ccc(C(=O)CC(=O)OC(C)C)cc1CC. The molecule has 0 aliphatic rings. The van der Waals surface area contributed by atoms with Crippen LogP contribution in [0.1, 0.15) is 55.6 Å². The monoisotopic (exact) mass is 262 g/mol. The molecule has 0 aliphatic heterocycles. The van der Waals surface area contributed by atoms with Gasteiger partial charge in [-0.3, -0.25) is 9.59 Å². The summed E-state index contributed by atoms with van der Waals surface area (Å²) in [5.41, 5.74) is 3.02. The third-order valence-corrected chi connectivity index (χ3v) is 2.96. The standard InChI is InChI=1S/C16H22O3/c1-5-12-7-8-14(9-13(12)6-2)15(17)10-16(18)19-11(3)4/h7-9,11H,5-6,10H2,1-4H3. The Labute approximate surface area is 115 Å². The van der Waals surface area contributed by atoms with Crippen LogP contribution in [0.2, 0.25) is 0 Å². The highest BCUT2D eigenvalue weighted by molar-refractivity contribution is 6.06. The molecule has 0 saturated heterocycles. The van der Waals surface area contributed by atoms with Crippen molar-refractivity contribution in [2.75, 3.05) is 0 Å². The van der Waals surface area contributed by atoms with Crippen molar-refractivity contribution in [2.24, 2.45) is 0 Å². The molecule has 1 rings (SSSR count). The molecule has 1 aromatic rings. The van der Waals surface area contributed by atoms with E-state index in [4.69, 9.17) is 4.74 Å². The number of ketones is 1. The lowest BCUT2D eigenvalue weighted by Crippen LogP contribution is -2.15. The fourth-order valence-corrected chi connectivity index (χ4v) is 2.01. The Hall–Kier alpha value is -1.64. The number of rotatable bonds is 6. The highest BCUT2D eigenvalue weighted by atomic mass is 16.5. The molecule has 0 amide bonds. The van der Waals surface area contributed by atoms with Gasteiger partial charge in [0.15, 0.2) is 5.78 Å². The van der Waals surface area contributed by atoms with Gasteiger partial charge in [0.2, 0.25) is 0 Å². The number of carbonyl (C=O) groups excluding carboxylic acids is 2. The number of carbonyl (C=O) groups is 2. The number of aryl methyl sites for hydroxylation is 2. The number of esters is 1. The van der Waals surface area contributed by atoms with Crippen molar-refractivity contribution in [1.82, 2.24) is 0 Å². The Morgan fingerprint density at radius 1 is 1.11 bits per heavy atom. The summed E-state index contributed by atoms with van der Waals surface area (Å²) in [5, 5.41) is 0. The summed E-state index contributed by atoms with van der Waals surface area (Å²) in [6, 6.07) is 5.66. The fourth-order valence-electron chi connectivity index (χ4n) is 2.01. The van der Waals surface area contributed by atoms with Gasteiger partial charge in [0.25, 0.3) is 0 Å². The van der Waals surface area contributed by atoms with Gasteiger partial charge in [-0.05, 0) is 43.9 Å². The molecular weight excluding hydrogens is 240 g/mol.